The number of carbonyl (C=O) groups is 2. The first kappa shape index (κ1) is 24.4. The summed E-state index contributed by atoms with van der Waals surface area (Å²) in [5, 5.41) is 10.9. The summed E-state index contributed by atoms with van der Waals surface area (Å²) < 4.78 is 31.2. The predicted molar refractivity (Wildman–Crippen MR) is 125 cm³/mol. The summed E-state index contributed by atoms with van der Waals surface area (Å²) in [6, 6.07) is 21.0. The molecule has 0 aromatic heterocycles. The second kappa shape index (κ2) is 11.1. The quantitative estimate of drug-likeness (QED) is 0.409. The Balaban J connectivity index is 1.64. The first-order valence-electron chi connectivity index (χ1n) is 10.0. The highest BCUT2D eigenvalue weighted by molar-refractivity contribution is 7.92. The molecule has 0 saturated heterocycles. The topological polar surface area (TPSA) is 110 Å². The van der Waals surface area contributed by atoms with E-state index in [9.17, 15) is 23.1 Å². The maximum absolute atomic E-state index is 12.9. The molecule has 0 radical (unpaired) electrons. The Hall–Kier alpha value is -3.20. The van der Waals surface area contributed by atoms with Gasteiger partial charge in [0.2, 0.25) is 0 Å². The van der Waals surface area contributed by atoms with Gasteiger partial charge in [0, 0.05) is 22.9 Å². The van der Waals surface area contributed by atoms with Gasteiger partial charge in [0.1, 0.15) is 0 Å². The third-order valence-electron chi connectivity index (χ3n) is 4.81. The minimum atomic E-state index is -4.16. The lowest BCUT2D eigenvalue weighted by Crippen LogP contribution is -2.31. The molecule has 0 aliphatic heterocycles. The van der Waals surface area contributed by atoms with Gasteiger partial charge in [-0.15, -0.1) is 0 Å². The molecule has 1 unspecified atom stereocenters. The molecule has 1 atom stereocenters. The van der Waals surface area contributed by atoms with Gasteiger partial charge < -0.3 is 15.2 Å². The van der Waals surface area contributed by atoms with E-state index in [-0.39, 0.29) is 24.5 Å². The number of carbonyl (C=O) groups excluding carboxylic acids is 1. The smallest absolute Gasteiger partial charge is 0.322 e. The molecule has 0 spiro atoms. The molecule has 0 fully saturated rings. The number of ether oxygens (including phenoxy) is 1. The van der Waals surface area contributed by atoms with E-state index in [1.807, 2.05) is 30.3 Å². The highest BCUT2D eigenvalue weighted by Gasteiger charge is 2.33. The highest BCUT2D eigenvalue weighted by atomic mass is 35.5. The molecule has 3 rings (SSSR count). The van der Waals surface area contributed by atoms with Gasteiger partial charge in [-0.05, 0) is 54.4 Å². The summed E-state index contributed by atoms with van der Waals surface area (Å²) in [4.78, 5) is 23.8. The van der Waals surface area contributed by atoms with Gasteiger partial charge in [-0.3, -0.25) is 9.59 Å². The van der Waals surface area contributed by atoms with Crippen molar-refractivity contribution >= 4 is 39.0 Å². The second-order valence-corrected chi connectivity index (χ2v) is 9.75. The number of benzene rings is 3. The second-order valence-electron chi connectivity index (χ2n) is 7.19. The number of aliphatic carboxylic acids is 1. The largest absolute Gasteiger partial charge is 0.480 e. The Bertz CT molecular complexity index is 1210. The van der Waals surface area contributed by atoms with Gasteiger partial charge >= 0.3 is 5.97 Å². The number of hydrogen-bond donors (Lipinski definition) is 2. The third kappa shape index (κ3) is 6.64. The molecular weight excluding hydrogens is 466 g/mol. The van der Waals surface area contributed by atoms with Crippen LogP contribution in [0.5, 0.6) is 0 Å². The van der Waals surface area contributed by atoms with Crippen molar-refractivity contribution in [3.05, 3.63) is 95.0 Å². The molecule has 33 heavy (non-hydrogen) atoms. The van der Waals surface area contributed by atoms with Gasteiger partial charge in [0.15, 0.2) is 15.1 Å². The van der Waals surface area contributed by atoms with E-state index in [1.54, 1.807) is 18.2 Å². The summed E-state index contributed by atoms with van der Waals surface area (Å²) >= 11 is 5.89. The van der Waals surface area contributed by atoms with E-state index in [2.05, 4.69) is 5.32 Å². The lowest BCUT2D eigenvalue weighted by molar-refractivity contribution is -0.136. The number of carboxylic acids is 1. The van der Waals surface area contributed by atoms with Crippen molar-refractivity contribution in [2.75, 3.05) is 11.9 Å². The van der Waals surface area contributed by atoms with Crippen molar-refractivity contribution in [1.29, 1.82) is 0 Å². The van der Waals surface area contributed by atoms with E-state index in [1.165, 1.54) is 30.3 Å². The summed E-state index contributed by atoms with van der Waals surface area (Å²) in [7, 11) is -4.16. The average molecular weight is 488 g/mol. The fourth-order valence-corrected chi connectivity index (χ4v) is 4.80. The predicted octanol–water partition coefficient (Wildman–Crippen LogP) is 4.43. The summed E-state index contributed by atoms with van der Waals surface area (Å²) in [6.45, 7) is 0.229. The van der Waals surface area contributed by atoms with Crippen LogP contribution in [0.2, 0.25) is 5.02 Å². The van der Waals surface area contributed by atoms with E-state index >= 15 is 0 Å². The van der Waals surface area contributed by atoms with Crippen molar-refractivity contribution in [1.82, 2.24) is 0 Å². The molecule has 9 heteroatoms. The average Bonchev–Trinajstić information content (AvgIpc) is 2.79. The van der Waals surface area contributed by atoms with Crippen LogP contribution in [0.4, 0.5) is 5.69 Å². The number of rotatable bonds is 10. The van der Waals surface area contributed by atoms with E-state index in [0.29, 0.717) is 16.3 Å². The molecule has 3 aromatic carbocycles. The van der Waals surface area contributed by atoms with E-state index < -0.39 is 27.0 Å². The lowest BCUT2D eigenvalue weighted by atomic mass is 10.2. The number of halogens is 1. The minimum absolute atomic E-state index is 0.0289. The number of nitrogens with one attached hydrogen (secondary N) is 1. The third-order valence-corrected chi connectivity index (χ3v) is 7.16. The van der Waals surface area contributed by atoms with Crippen LogP contribution in [0.1, 0.15) is 22.3 Å². The molecule has 0 aliphatic rings. The standard InChI is InChI=1S/C24H22ClNO6S/c25-19-8-4-7-18(15-19)23(27)26-20-9-11-21(12-10-20)33(30,31)22(24(28)29)13-14-32-16-17-5-2-1-3-6-17/h1-12,15,22H,13-14,16H2,(H,26,27)(H,28,29). The zero-order chi connectivity index (χ0) is 23.8. The van der Waals surface area contributed by atoms with Gasteiger partial charge in [-0.25, -0.2) is 8.42 Å². The van der Waals surface area contributed by atoms with E-state index in [0.717, 1.165) is 5.56 Å². The Labute approximate surface area is 196 Å². The van der Waals surface area contributed by atoms with Crippen LogP contribution >= 0.6 is 11.6 Å². The molecule has 2 N–H and O–H groups in total. The number of carboxylic acid groups (broad SMARTS) is 1. The van der Waals surface area contributed by atoms with Crippen molar-refractivity contribution in [2.45, 2.75) is 23.2 Å². The maximum atomic E-state index is 12.9. The minimum Gasteiger partial charge on any atom is -0.480 e. The van der Waals surface area contributed by atoms with Gasteiger partial charge in [-0.2, -0.15) is 0 Å². The Morgan fingerprint density at radius 1 is 0.970 bits per heavy atom. The Morgan fingerprint density at radius 2 is 1.67 bits per heavy atom. The van der Waals surface area contributed by atoms with Crippen LogP contribution < -0.4 is 5.32 Å². The lowest BCUT2D eigenvalue weighted by Gasteiger charge is -2.14. The SMILES string of the molecule is O=C(Nc1ccc(S(=O)(=O)C(CCOCc2ccccc2)C(=O)O)cc1)c1cccc(Cl)c1. The monoisotopic (exact) mass is 487 g/mol. The van der Waals surface area contributed by atoms with Crippen molar-refractivity contribution < 1.29 is 27.9 Å². The van der Waals surface area contributed by atoms with Crippen LogP contribution in [0.3, 0.4) is 0 Å². The normalized spacial score (nSPS) is 12.2. The fourth-order valence-electron chi connectivity index (χ4n) is 3.09. The van der Waals surface area contributed by atoms with Crippen LogP contribution in [0.15, 0.2) is 83.8 Å². The number of hydrogen-bond acceptors (Lipinski definition) is 5. The van der Waals surface area contributed by atoms with Crippen LogP contribution in [-0.4, -0.2) is 37.3 Å². The molecule has 0 aliphatic carbocycles. The van der Waals surface area contributed by atoms with Crippen LogP contribution in [-0.2, 0) is 26.0 Å². The molecule has 0 saturated carbocycles. The fraction of sp³-hybridized carbons (Fsp3) is 0.167. The first-order valence-corrected chi connectivity index (χ1v) is 11.9. The van der Waals surface area contributed by atoms with Gasteiger partial charge in [0.05, 0.1) is 11.5 Å². The molecule has 7 nitrogen and oxygen atoms in total. The zero-order valence-electron chi connectivity index (χ0n) is 17.5. The number of sulfone groups is 1. The molecular formula is C24H22ClNO6S. The summed E-state index contributed by atoms with van der Waals surface area (Å²) in [6.07, 6.45) is -0.197. The Morgan fingerprint density at radius 3 is 2.30 bits per heavy atom. The zero-order valence-corrected chi connectivity index (χ0v) is 19.1. The van der Waals surface area contributed by atoms with Gasteiger partial charge in [0.25, 0.3) is 5.91 Å². The molecule has 3 aromatic rings. The van der Waals surface area contributed by atoms with Crippen molar-refractivity contribution in [2.24, 2.45) is 0 Å². The number of amides is 1. The molecule has 1 amide bonds. The molecule has 0 heterocycles. The Kier molecular flexibility index (Phi) is 8.21. The highest BCUT2D eigenvalue weighted by Crippen LogP contribution is 2.22. The van der Waals surface area contributed by atoms with Crippen LogP contribution in [0.25, 0.3) is 0 Å². The van der Waals surface area contributed by atoms with Gasteiger partial charge in [-0.1, -0.05) is 48.0 Å². The molecule has 0 bridgehead atoms. The van der Waals surface area contributed by atoms with Crippen molar-refractivity contribution in [3.63, 3.8) is 0 Å². The van der Waals surface area contributed by atoms with E-state index in [4.69, 9.17) is 16.3 Å². The van der Waals surface area contributed by atoms with Crippen molar-refractivity contribution in [3.8, 4) is 0 Å². The molecule has 172 valence electrons. The maximum Gasteiger partial charge on any atom is 0.322 e. The summed E-state index contributed by atoms with van der Waals surface area (Å²) in [5.74, 6) is -1.86. The van der Waals surface area contributed by atoms with Crippen LogP contribution in [0, 0.1) is 0 Å². The number of anilines is 1. The first-order chi connectivity index (χ1) is 15.8. The summed E-state index contributed by atoms with van der Waals surface area (Å²) in [5.41, 5.74) is 1.61.